The van der Waals surface area contributed by atoms with Crippen LogP contribution in [-0.4, -0.2) is 40.3 Å². The van der Waals surface area contributed by atoms with Crippen molar-refractivity contribution in [3.63, 3.8) is 0 Å². The maximum atomic E-state index is 11.3. The summed E-state index contributed by atoms with van der Waals surface area (Å²) in [5.41, 5.74) is 5.56. The first-order valence-corrected chi connectivity index (χ1v) is 6.15. The summed E-state index contributed by atoms with van der Waals surface area (Å²) in [6.07, 6.45) is -1.04. The van der Waals surface area contributed by atoms with Crippen LogP contribution in [0.15, 0.2) is 0 Å². The van der Waals surface area contributed by atoms with Crippen molar-refractivity contribution in [2.75, 3.05) is 5.75 Å². The summed E-state index contributed by atoms with van der Waals surface area (Å²) in [4.78, 5) is 11.3. The van der Waals surface area contributed by atoms with E-state index in [1.807, 2.05) is 13.8 Å². The minimum atomic E-state index is -0.946. The number of hydrogen-bond donors (Lipinski definition) is 2. The lowest BCUT2D eigenvalue weighted by Crippen LogP contribution is -2.45. The van der Waals surface area contributed by atoms with Gasteiger partial charge >= 0.3 is 5.97 Å². The number of rotatable bonds is 6. The summed E-state index contributed by atoms with van der Waals surface area (Å²) in [5.74, 6) is -0.0895. The predicted molar refractivity (Wildman–Crippen MR) is 62.8 cm³/mol. The maximum Gasteiger partial charge on any atom is 0.325 e. The molecule has 3 N–H and O–H groups in total. The smallest absolute Gasteiger partial charge is 0.325 e. The molecule has 0 aromatic rings. The van der Waals surface area contributed by atoms with Gasteiger partial charge in [-0.15, -0.1) is 0 Å². The molecule has 0 aliphatic carbocycles. The minimum absolute atomic E-state index is 0.200. The molecule has 15 heavy (non-hydrogen) atoms. The zero-order valence-electron chi connectivity index (χ0n) is 9.77. The Kier molecular flexibility index (Phi) is 6.96. The Morgan fingerprint density at radius 3 is 2.33 bits per heavy atom. The van der Waals surface area contributed by atoms with E-state index in [0.29, 0.717) is 11.0 Å². The fourth-order valence-corrected chi connectivity index (χ4v) is 1.65. The van der Waals surface area contributed by atoms with E-state index in [1.54, 1.807) is 25.6 Å². The fourth-order valence-electron chi connectivity index (χ4n) is 0.863. The summed E-state index contributed by atoms with van der Waals surface area (Å²) in [6, 6.07) is -0.946. The SMILES string of the molecule is CC(C)OC(=O)C(N)C(O)CSC(C)C. The first kappa shape index (κ1) is 14.7. The van der Waals surface area contributed by atoms with Crippen LogP contribution in [0.25, 0.3) is 0 Å². The van der Waals surface area contributed by atoms with E-state index in [9.17, 15) is 9.90 Å². The summed E-state index contributed by atoms with van der Waals surface area (Å²) >= 11 is 1.57. The molecule has 0 heterocycles. The monoisotopic (exact) mass is 235 g/mol. The normalized spacial score (nSPS) is 15.5. The van der Waals surface area contributed by atoms with Gasteiger partial charge in [0.05, 0.1) is 12.2 Å². The molecule has 90 valence electrons. The highest BCUT2D eigenvalue weighted by Crippen LogP contribution is 2.12. The Morgan fingerprint density at radius 1 is 1.40 bits per heavy atom. The molecule has 0 aromatic carbocycles. The van der Waals surface area contributed by atoms with Crippen molar-refractivity contribution in [1.82, 2.24) is 0 Å². The molecular formula is C10H21NO3S. The van der Waals surface area contributed by atoms with Crippen LogP contribution in [0, 0.1) is 0 Å². The van der Waals surface area contributed by atoms with Crippen molar-refractivity contribution in [3.05, 3.63) is 0 Å². The second-order valence-electron chi connectivity index (χ2n) is 3.96. The molecule has 0 bridgehead atoms. The fraction of sp³-hybridized carbons (Fsp3) is 0.900. The van der Waals surface area contributed by atoms with Crippen molar-refractivity contribution in [3.8, 4) is 0 Å². The van der Waals surface area contributed by atoms with Crippen LogP contribution >= 0.6 is 11.8 Å². The second-order valence-corrected chi connectivity index (χ2v) is 5.57. The lowest BCUT2D eigenvalue weighted by molar-refractivity contribution is -0.151. The topological polar surface area (TPSA) is 72.5 Å². The van der Waals surface area contributed by atoms with Gasteiger partial charge in [0.15, 0.2) is 0 Å². The number of carbonyl (C=O) groups is 1. The second kappa shape index (κ2) is 7.09. The number of carbonyl (C=O) groups excluding carboxylic acids is 1. The van der Waals surface area contributed by atoms with Crippen molar-refractivity contribution < 1.29 is 14.6 Å². The van der Waals surface area contributed by atoms with Gasteiger partial charge in [-0.3, -0.25) is 4.79 Å². The molecule has 0 aromatic heterocycles. The number of aliphatic hydroxyl groups excluding tert-OH is 1. The Hall–Kier alpha value is -0.260. The molecule has 0 aliphatic rings. The van der Waals surface area contributed by atoms with Crippen LogP contribution in [-0.2, 0) is 9.53 Å². The van der Waals surface area contributed by atoms with Gasteiger partial charge in [0.25, 0.3) is 0 Å². The Labute approximate surface area is 95.6 Å². The number of thioether (sulfide) groups is 1. The largest absolute Gasteiger partial charge is 0.462 e. The lowest BCUT2D eigenvalue weighted by Gasteiger charge is -2.19. The van der Waals surface area contributed by atoms with E-state index in [1.165, 1.54) is 0 Å². The third kappa shape index (κ3) is 6.76. The summed E-state index contributed by atoms with van der Waals surface area (Å²) in [6.45, 7) is 7.55. The molecule has 5 heteroatoms. The third-order valence-corrected chi connectivity index (χ3v) is 2.84. The van der Waals surface area contributed by atoms with Crippen LogP contribution < -0.4 is 5.73 Å². The summed E-state index contributed by atoms with van der Waals surface area (Å²) < 4.78 is 4.91. The first-order valence-electron chi connectivity index (χ1n) is 5.10. The van der Waals surface area contributed by atoms with Gasteiger partial charge in [-0.05, 0) is 19.1 Å². The van der Waals surface area contributed by atoms with Gasteiger partial charge in [-0.1, -0.05) is 13.8 Å². The van der Waals surface area contributed by atoms with E-state index in [-0.39, 0.29) is 6.10 Å². The molecule has 4 nitrogen and oxygen atoms in total. The molecule has 0 saturated heterocycles. The van der Waals surface area contributed by atoms with Crippen LogP contribution in [0.3, 0.4) is 0 Å². The van der Waals surface area contributed by atoms with E-state index in [4.69, 9.17) is 10.5 Å². The predicted octanol–water partition coefficient (Wildman–Crippen LogP) is 0.768. The highest BCUT2D eigenvalue weighted by atomic mass is 32.2. The van der Waals surface area contributed by atoms with Crippen molar-refractivity contribution in [1.29, 1.82) is 0 Å². The molecule has 0 spiro atoms. The minimum Gasteiger partial charge on any atom is -0.462 e. The molecule has 2 unspecified atom stereocenters. The molecule has 0 amide bonds. The molecule has 0 saturated carbocycles. The van der Waals surface area contributed by atoms with Crippen molar-refractivity contribution >= 4 is 17.7 Å². The lowest BCUT2D eigenvalue weighted by atomic mass is 10.2. The standard InChI is InChI=1S/C10H21NO3S/c1-6(2)14-10(13)9(11)8(12)5-15-7(3)4/h6-9,12H,5,11H2,1-4H3. The van der Waals surface area contributed by atoms with Gasteiger partial charge in [-0.2, -0.15) is 11.8 Å². The molecule has 0 rings (SSSR count). The zero-order valence-corrected chi connectivity index (χ0v) is 10.6. The Morgan fingerprint density at radius 2 is 1.93 bits per heavy atom. The van der Waals surface area contributed by atoms with Gasteiger partial charge in [0.2, 0.25) is 0 Å². The molecule has 0 fully saturated rings. The average molecular weight is 235 g/mol. The Bertz CT molecular complexity index is 197. The van der Waals surface area contributed by atoms with E-state index in [2.05, 4.69) is 0 Å². The number of esters is 1. The summed E-state index contributed by atoms with van der Waals surface area (Å²) in [5, 5.41) is 10.0. The highest BCUT2D eigenvalue weighted by Gasteiger charge is 2.24. The molecule has 2 atom stereocenters. The maximum absolute atomic E-state index is 11.3. The van der Waals surface area contributed by atoms with E-state index in [0.717, 1.165) is 0 Å². The van der Waals surface area contributed by atoms with Crippen molar-refractivity contribution in [2.45, 2.75) is 51.2 Å². The van der Waals surface area contributed by atoms with E-state index >= 15 is 0 Å². The summed E-state index contributed by atoms with van der Waals surface area (Å²) in [7, 11) is 0. The van der Waals surface area contributed by atoms with Crippen LogP contribution in [0.4, 0.5) is 0 Å². The molecular weight excluding hydrogens is 214 g/mol. The zero-order chi connectivity index (χ0) is 12.0. The van der Waals surface area contributed by atoms with Crippen LogP contribution in [0.1, 0.15) is 27.7 Å². The third-order valence-electron chi connectivity index (χ3n) is 1.64. The van der Waals surface area contributed by atoms with Crippen LogP contribution in [0.2, 0.25) is 0 Å². The van der Waals surface area contributed by atoms with Gasteiger partial charge in [0, 0.05) is 5.75 Å². The quantitative estimate of drug-likeness (QED) is 0.665. The number of ether oxygens (including phenoxy) is 1. The number of nitrogens with two attached hydrogens (primary N) is 1. The van der Waals surface area contributed by atoms with Gasteiger partial charge < -0.3 is 15.6 Å². The molecule has 0 aliphatic heterocycles. The highest BCUT2D eigenvalue weighted by molar-refractivity contribution is 7.99. The van der Waals surface area contributed by atoms with E-state index < -0.39 is 18.1 Å². The van der Waals surface area contributed by atoms with Crippen molar-refractivity contribution in [2.24, 2.45) is 5.73 Å². The number of aliphatic hydroxyl groups is 1. The average Bonchev–Trinajstić information content (AvgIpc) is 2.11. The van der Waals surface area contributed by atoms with Crippen LogP contribution in [0.5, 0.6) is 0 Å². The number of hydrogen-bond acceptors (Lipinski definition) is 5. The van der Waals surface area contributed by atoms with Gasteiger partial charge in [0.1, 0.15) is 6.04 Å². The Balaban J connectivity index is 3.96. The molecule has 0 radical (unpaired) electrons. The van der Waals surface area contributed by atoms with Gasteiger partial charge in [-0.25, -0.2) is 0 Å². The first-order chi connectivity index (χ1) is 6.84.